The Labute approximate surface area is 258 Å². The lowest BCUT2D eigenvalue weighted by Crippen LogP contribution is -2.29. The maximum absolute atomic E-state index is 13.6. The summed E-state index contributed by atoms with van der Waals surface area (Å²) >= 11 is 0.925. The average Bonchev–Trinajstić information content (AvgIpc) is 3.55. The zero-order chi connectivity index (χ0) is 31.2. The number of aliphatic hydroxyl groups excluding tert-OH is 1. The smallest absolute Gasteiger partial charge is 0.350 e. The molecule has 1 aliphatic rings. The van der Waals surface area contributed by atoms with E-state index in [1.54, 1.807) is 55.5 Å². The molecule has 1 amide bonds. The number of amides is 1. The number of anilines is 1. The van der Waals surface area contributed by atoms with Crippen molar-refractivity contribution in [2.24, 2.45) is 0 Å². The Morgan fingerprint density at radius 2 is 1.73 bits per heavy atom. The molecule has 5 rings (SSSR count). The maximum atomic E-state index is 13.6. The van der Waals surface area contributed by atoms with Crippen molar-refractivity contribution in [1.82, 2.24) is 4.98 Å². The van der Waals surface area contributed by atoms with Crippen molar-refractivity contribution in [3.8, 4) is 11.5 Å². The number of hydrogen-bond donors (Lipinski definition) is 1. The first-order chi connectivity index (χ1) is 21.3. The lowest BCUT2D eigenvalue weighted by Gasteiger charge is -2.24. The molecule has 3 aromatic carbocycles. The van der Waals surface area contributed by atoms with Gasteiger partial charge >= 0.3 is 11.9 Å². The van der Waals surface area contributed by atoms with Gasteiger partial charge in [-0.25, -0.2) is 9.78 Å². The van der Waals surface area contributed by atoms with Gasteiger partial charge < -0.3 is 19.3 Å². The molecule has 9 nitrogen and oxygen atoms in total. The van der Waals surface area contributed by atoms with Crippen LogP contribution >= 0.6 is 11.3 Å². The van der Waals surface area contributed by atoms with Crippen LogP contribution in [0.25, 0.3) is 5.76 Å². The summed E-state index contributed by atoms with van der Waals surface area (Å²) in [6.45, 7) is 7.64. The summed E-state index contributed by atoms with van der Waals surface area (Å²) in [5.74, 6) is -1.87. The van der Waals surface area contributed by atoms with Gasteiger partial charge in [-0.3, -0.25) is 14.5 Å². The lowest BCUT2D eigenvalue weighted by molar-refractivity contribution is -0.132. The Morgan fingerprint density at radius 3 is 2.41 bits per heavy atom. The van der Waals surface area contributed by atoms with Crippen molar-refractivity contribution in [2.45, 2.75) is 26.5 Å². The van der Waals surface area contributed by atoms with E-state index in [4.69, 9.17) is 14.2 Å². The van der Waals surface area contributed by atoms with Crippen LogP contribution in [-0.2, 0) is 20.9 Å². The zero-order valence-corrected chi connectivity index (χ0v) is 25.0. The Morgan fingerprint density at radius 1 is 1.02 bits per heavy atom. The van der Waals surface area contributed by atoms with E-state index in [1.807, 2.05) is 37.3 Å². The van der Waals surface area contributed by atoms with Crippen molar-refractivity contribution in [2.75, 3.05) is 18.1 Å². The quantitative estimate of drug-likeness (QED) is 0.0682. The molecule has 0 saturated carbocycles. The van der Waals surface area contributed by atoms with E-state index in [2.05, 4.69) is 11.6 Å². The van der Waals surface area contributed by atoms with Crippen molar-refractivity contribution in [1.29, 1.82) is 0 Å². The molecule has 1 aromatic heterocycles. The molecule has 1 unspecified atom stereocenters. The van der Waals surface area contributed by atoms with Crippen molar-refractivity contribution >= 4 is 39.9 Å². The van der Waals surface area contributed by atoms with Crippen LogP contribution in [0, 0.1) is 6.92 Å². The van der Waals surface area contributed by atoms with Gasteiger partial charge in [0, 0.05) is 5.56 Å². The predicted molar refractivity (Wildman–Crippen MR) is 167 cm³/mol. The van der Waals surface area contributed by atoms with Crippen LogP contribution in [-0.4, -0.2) is 41.0 Å². The lowest BCUT2D eigenvalue weighted by atomic mass is 9.95. The van der Waals surface area contributed by atoms with Crippen LogP contribution in [0.5, 0.6) is 11.5 Å². The number of carbonyl (C=O) groups is 3. The molecule has 0 bridgehead atoms. The molecule has 1 aliphatic heterocycles. The number of aromatic nitrogens is 1. The maximum Gasteiger partial charge on any atom is 0.350 e. The first-order valence-corrected chi connectivity index (χ1v) is 14.7. The summed E-state index contributed by atoms with van der Waals surface area (Å²) in [5, 5.41) is 11.5. The molecular formula is C34H30N2O7S. The molecule has 1 atom stereocenters. The van der Waals surface area contributed by atoms with Gasteiger partial charge in [0.1, 0.15) is 23.9 Å². The van der Waals surface area contributed by atoms with Gasteiger partial charge in [-0.1, -0.05) is 90.7 Å². The average molecular weight is 611 g/mol. The van der Waals surface area contributed by atoms with Gasteiger partial charge in [-0.05, 0) is 37.1 Å². The summed E-state index contributed by atoms with van der Waals surface area (Å²) in [5.41, 5.74) is 2.03. The van der Waals surface area contributed by atoms with Crippen molar-refractivity contribution < 1.29 is 33.7 Å². The first-order valence-electron chi connectivity index (χ1n) is 13.9. The molecule has 224 valence electrons. The van der Waals surface area contributed by atoms with E-state index < -0.39 is 23.7 Å². The van der Waals surface area contributed by atoms with Gasteiger partial charge in [-0.2, -0.15) is 0 Å². The largest absolute Gasteiger partial charge is 0.507 e. The molecule has 0 spiro atoms. The fraction of sp³-hybridized carbons (Fsp3) is 0.176. The number of hydrogen-bond acceptors (Lipinski definition) is 9. The van der Waals surface area contributed by atoms with E-state index in [9.17, 15) is 19.5 Å². The minimum absolute atomic E-state index is 0.00595. The third-order valence-electron chi connectivity index (χ3n) is 6.82. The second-order valence-electron chi connectivity index (χ2n) is 9.75. The molecule has 1 fully saturated rings. The molecule has 1 N–H and O–H groups in total. The molecule has 2 heterocycles. The van der Waals surface area contributed by atoms with Crippen LogP contribution in [0.2, 0.25) is 0 Å². The summed E-state index contributed by atoms with van der Waals surface area (Å²) in [4.78, 5) is 45.8. The number of ketones is 1. The Hall–Kier alpha value is -5.22. The van der Waals surface area contributed by atoms with Gasteiger partial charge in [0.05, 0.1) is 23.9 Å². The van der Waals surface area contributed by atoms with Gasteiger partial charge in [-0.15, -0.1) is 0 Å². The number of aliphatic hydroxyl groups is 1. The van der Waals surface area contributed by atoms with Crippen LogP contribution in [0.15, 0.2) is 97.1 Å². The van der Waals surface area contributed by atoms with Gasteiger partial charge in [0.25, 0.3) is 5.78 Å². The molecule has 1 saturated heterocycles. The number of esters is 1. The number of benzene rings is 3. The van der Waals surface area contributed by atoms with E-state index >= 15 is 0 Å². The van der Waals surface area contributed by atoms with Gasteiger partial charge in [0.2, 0.25) is 0 Å². The molecule has 0 radical (unpaired) electrons. The fourth-order valence-electron chi connectivity index (χ4n) is 4.79. The van der Waals surface area contributed by atoms with Crippen molar-refractivity contribution in [3.05, 3.63) is 124 Å². The Bertz CT molecular complexity index is 1730. The summed E-state index contributed by atoms with van der Waals surface area (Å²) in [7, 11) is 0. The van der Waals surface area contributed by atoms with Crippen LogP contribution in [0.3, 0.4) is 0 Å². The minimum atomic E-state index is -1.08. The van der Waals surface area contributed by atoms with Crippen LogP contribution in [0.4, 0.5) is 5.13 Å². The minimum Gasteiger partial charge on any atom is -0.507 e. The number of rotatable bonds is 11. The highest BCUT2D eigenvalue weighted by atomic mass is 32.1. The van der Waals surface area contributed by atoms with E-state index in [-0.39, 0.29) is 27.9 Å². The highest BCUT2D eigenvalue weighted by molar-refractivity contribution is 7.17. The summed E-state index contributed by atoms with van der Waals surface area (Å²) < 4.78 is 17.2. The van der Waals surface area contributed by atoms with Gasteiger partial charge in [0.15, 0.2) is 16.6 Å². The number of ether oxygens (including phenoxy) is 3. The molecule has 0 aliphatic carbocycles. The normalized spacial score (nSPS) is 15.7. The monoisotopic (exact) mass is 610 g/mol. The molecule has 4 aromatic rings. The van der Waals surface area contributed by atoms with Crippen LogP contribution in [0.1, 0.15) is 45.0 Å². The second kappa shape index (κ2) is 13.4. The number of thiazole rings is 1. The van der Waals surface area contributed by atoms with E-state index in [0.29, 0.717) is 41.5 Å². The topological polar surface area (TPSA) is 115 Å². The standard InChI is InChI=1S/C34H30N2O7S/c1-4-18-42-33(40)31-21(3)35-34(44-31)36-28(27(30(38)32(36)39)29(37)23-14-10-7-11-15-23)24-16-17-25(26(19-24)41-5-2)43-20-22-12-8-6-9-13-22/h4,6-17,19,28,37H,1,5,18,20H2,2-3H3. The number of Topliss-reactive ketones (excluding diaryl/α,β-unsaturated/α-hetero) is 1. The van der Waals surface area contributed by atoms with E-state index in [1.165, 1.54) is 11.0 Å². The third-order valence-corrected chi connectivity index (χ3v) is 7.96. The molecular weight excluding hydrogens is 580 g/mol. The Kier molecular flexibility index (Phi) is 9.20. The molecule has 10 heteroatoms. The third kappa shape index (κ3) is 6.11. The number of carbonyl (C=O) groups excluding carboxylic acids is 3. The summed E-state index contributed by atoms with van der Waals surface area (Å²) in [6, 6.07) is 22.2. The number of nitrogens with zero attached hydrogens (tertiary/aromatic N) is 2. The second-order valence-corrected chi connectivity index (χ2v) is 10.7. The Balaban J connectivity index is 1.62. The first kappa shape index (κ1) is 30.2. The SMILES string of the molecule is C=CCOC(=O)c1sc(N2C(=O)C(=O)C(=C(O)c3ccccc3)C2c2ccc(OCc3ccccc3)c(OCC)c2)nc1C. The predicted octanol–water partition coefficient (Wildman–Crippen LogP) is 6.40. The van der Waals surface area contributed by atoms with Crippen molar-refractivity contribution in [3.63, 3.8) is 0 Å². The number of aryl methyl sites for hydroxylation is 1. The van der Waals surface area contributed by atoms with Crippen LogP contribution < -0.4 is 14.4 Å². The highest BCUT2D eigenvalue weighted by Gasteiger charge is 2.48. The highest BCUT2D eigenvalue weighted by Crippen LogP contribution is 2.45. The van der Waals surface area contributed by atoms with E-state index in [0.717, 1.165) is 16.9 Å². The zero-order valence-electron chi connectivity index (χ0n) is 24.2. The summed E-state index contributed by atoms with van der Waals surface area (Å²) in [6.07, 6.45) is 1.44. The fourth-order valence-corrected chi connectivity index (χ4v) is 5.78. The molecule has 44 heavy (non-hydrogen) atoms.